The summed E-state index contributed by atoms with van der Waals surface area (Å²) in [5.41, 5.74) is -0.0156. The van der Waals surface area contributed by atoms with Crippen molar-refractivity contribution in [3.63, 3.8) is 0 Å². The van der Waals surface area contributed by atoms with Crippen LogP contribution in [0.5, 0.6) is 0 Å². The van der Waals surface area contributed by atoms with Crippen LogP contribution in [0.1, 0.15) is 45.3 Å². The first kappa shape index (κ1) is 20.2. The minimum absolute atomic E-state index is 0. The van der Waals surface area contributed by atoms with Crippen LogP contribution in [-0.2, 0) is 12.0 Å². The number of guanidine groups is 1. The Hall–Kier alpha value is -0.830. The van der Waals surface area contributed by atoms with Gasteiger partial charge < -0.3 is 20.0 Å². The van der Waals surface area contributed by atoms with Gasteiger partial charge in [-0.25, -0.2) is 4.98 Å². The SMILES string of the molecule is CN=C(NCc1ncc(C(C)(C)C)o1)NCC1CCCN1C.I. The summed E-state index contributed by atoms with van der Waals surface area (Å²) in [6, 6.07) is 0.591. The largest absolute Gasteiger partial charge is 0.443 e. The highest BCUT2D eigenvalue weighted by Gasteiger charge is 2.21. The number of hydrogen-bond acceptors (Lipinski definition) is 4. The monoisotopic (exact) mass is 435 g/mol. The van der Waals surface area contributed by atoms with Gasteiger partial charge >= 0.3 is 0 Å². The first-order valence-electron chi connectivity index (χ1n) is 8.00. The first-order valence-corrected chi connectivity index (χ1v) is 8.00. The van der Waals surface area contributed by atoms with Gasteiger partial charge in [-0.15, -0.1) is 24.0 Å². The summed E-state index contributed by atoms with van der Waals surface area (Å²) in [6.07, 6.45) is 4.33. The lowest BCUT2D eigenvalue weighted by molar-refractivity contribution is 0.309. The van der Waals surface area contributed by atoms with Gasteiger partial charge in [0.25, 0.3) is 0 Å². The Balaban J connectivity index is 0.00000264. The maximum absolute atomic E-state index is 5.77. The summed E-state index contributed by atoms with van der Waals surface area (Å²) in [4.78, 5) is 11.0. The number of likely N-dealkylation sites (tertiary alicyclic amines) is 1. The van der Waals surface area contributed by atoms with E-state index in [4.69, 9.17) is 4.42 Å². The molecule has 6 nitrogen and oxygen atoms in total. The third-order valence-corrected chi connectivity index (χ3v) is 4.10. The van der Waals surface area contributed by atoms with Gasteiger partial charge in [0.15, 0.2) is 5.96 Å². The standard InChI is InChI=1S/C16H29N5O.HI/c1-16(2,3)13-10-18-14(22-13)11-20-15(17-4)19-9-12-7-6-8-21(12)5;/h10,12H,6-9,11H2,1-5H3,(H2,17,19,20);1H. The molecule has 0 saturated carbocycles. The van der Waals surface area contributed by atoms with E-state index in [0.717, 1.165) is 18.3 Å². The Morgan fingerprint density at radius 1 is 1.43 bits per heavy atom. The molecule has 0 spiro atoms. The van der Waals surface area contributed by atoms with Gasteiger partial charge in [0, 0.05) is 25.0 Å². The molecule has 0 bridgehead atoms. The zero-order chi connectivity index (χ0) is 16.2. The smallest absolute Gasteiger partial charge is 0.213 e. The lowest BCUT2D eigenvalue weighted by Crippen LogP contribution is -2.43. The van der Waals surface area contributed by atoms with Crippen molar-refractivity contribution in [2.24, 2.45) is 4.99 Å². The Morgan fingerprint density at radius 3 is 2.70 bits per heavy atom. The van der Waals surface area contributed by atoms with Crippen molar-refractivity contribution in [3.05, 3.63) is 17.8 Å². The highest BCUT2D eigenvalue weighted by Crippen LogP contribution is 2.22. The van der Waals surface area contributed by atoms with Crippen molar-refractivity contribution < 1.29 is 4.42 Å². The van der Waals surface area contributed by atoms with E-state index in [2.05, 4.69) is 53.3 Å². The average Bonchev–Trinajstić information content (AvgIpc) is 3.08. The Morgan fingerprint density at radius 2 is 2.17 bits per heavy atom. The maximum atomic E-state index is 5.77. The number of aromatic nitrogens is 1. The van der Waals surface area contributed by atoms with Crippen molar-refractivity contribution in [2.45, 2.75) is 51.6 Å². The summed E-state index contributed by atoms with van der Waals surface area (Å²) in [5.74, 6) is 2.38. The molecule has 0 aliphatic carbocycles. The second-order valence-corrected chi connectivity index (χ2v) is 6.95. The fourth-order valence-corrected chi connectivity index (χ4v) is 2.57. The quantitative estimate of drug-likeness (QED) is 0.432. The lowest BCUT2D eigenvalue weighted by atomic mass is 9.94. The average molecular weight is 435 g/mol. The predicted octanol–water partition coefficient (Wildman–Crippen LogP) is 2.35. The zero-order valence-electron chi connectivity index (χ0n) is 14.8. The van der Waals surface area contributed by atoms with Crippen LogP contribution in [0, 0.1) is 0 Å². The molecule has 1 aliphatic heterocycles. The van der Waals surface area contributed by atoms with Crippen LogP contribution in [0.4, 0.5) is 0 Å². The van der Waals surface area contributed by atoms with Crippen molar-refractivity contribution in [2.75, 3.05) is 27.2 Å². The van der Waals surface area contributed by atoms with Crippen molar-refractivity contribution in [1.29, 1.82) is 0 Å². The molecular weight excluding hydrogens is 405 g/mol. The molecule has 1 aromatic heterocycles. The van der Waals surface area contributed by atoms with Crippen LogP contribution in [-0.4, -0.2) is 49.1 Å². The molecular formula is C16H30IN5O. The molecule has 0 amide bonds. The fourth-order valence-electron chi connectivity index (χ4n) is 2.57. The van der Waals surface area contributed by atoms with Crippen LogP contribution in [0.25, 0.3) is 0 Å². The molecule has 1 saturated heterocycles. The second kappa shape index (κ2) is 8.86. The van der Waals surface area contributed by atoms with Crippen LogP contribution < -0.4 is 10.6 Å². The number of aliphatic imine (C=N–C) groups is 1. The molecule has 132 valence electrons. The van der Waals surface area contributed by atoms with Gasteiger partial charge in [0.1, 0.15) is 5.76 Å². The van der Waals surface area contributed by atoms with E-state index in [1.54, 1.807) is 13.2 Å². The van der Waals surface area contributed by atoms with Gasteiger partial charge in [0.2, 0.25) is 5.89 Å². The topological polar surface area (TPSA) is 65.7 Å². The molecule has 1 atom stereocenters. The number of nitrogens with zero attached hydrogens (tertiary/aromatic N) is 3. The molecule has 0 radical (unpaired) electrons. The second-order valence-electron chi connectivity index (χ2n) is 6.95. The molecule has 1 fully saturated rings. The van der Waals surface area contributed by atoms with Gasteiger partial charge in [-0.2, -0.15) is 0 Å². The maximum Gasteiger partial charge on any atom is 0.213 e. The lowest BCUT2D eigenvalue weighted by Gasteiger charge is -2.21. The number of oxazole rings is 1. The van der Waals surface area contributed by atoms with Gasteiger partial charge in [-0.3, -0.25) is 4.99 Å². The summed E-state index contributed by atoms with van der Waals surface area (Å²) in [7, 11) is 3.96. The number of hydrogen-bond donors (Lipinski definition) is 2. The highest BCUT2D eigenvalue weighted by atomic mass is 127. The number of likely N-dealkylation sites (N-methyl/N-ethyl adjacent to an activating group) is 1. The third kappa shape index (κ3) is 5.95. The van der Waals surface area contributed by atoms with E-state index in [1.807, 2.05) is 0 Å². The normalized spacial score (nSPS) is 19.5. The molecule has 7 heteroatoms. The molecule has 0 aromatic carbocycles. The molecule has 2 rings (SSSR count). The Kier molecular flexibility index (Phi) is 7.79. The van der Waals surface area contributed by atoms with E-state index in [-0.39, 0.29) is 29.4 Å². The van der Waals surface area contributed by atoms with E-state index in [9.17, 15) is 0 Å². The zero-order valence-corrected chi connectivity index (χ0v) is 17.2. The number of rotatable bonds is 4. The highest BCUT2D eigenvalue weighted by molar-refractivity contribution is 14.0. The fraction of sp³-hybridized carbons (Fsp3) is 0.750. The van der Waals surface area contributed by atoms with Crippen LogP contribution in [0.15, 0.2) is 15.6 Å². The first-order chi connectivity index (χ1) is 10.4. The number of nitrogens with one attached hydrogen (secondary N) is 2. The number of halogens is 1. The van der Waals surface area contributed by atoms with Gasteiger partial charge in [-0.05, 0) is 26.4 Å². The summed E-state index contributed by atoms with van der Waals surface area (Å²) >= 11 is 0. The van der Waals surface area contributed by atoms with Crippen LogP contribution in [0.2, 0.25) is 0 Å². The van der Waals surface area contributed by atoms with Gasteiger partial charge in [0.05, 0.1) is 12.7 Å². The van der Waals surface area contributed by atoms with Gasteiger partial charge in [-0.1, -0.05) is 20.8 Å². The van der Waals surface area contributed by atoms with E-state index in [0.29, 0.717) is 18.5 Å². The minimum Gasteiger partial charge on any atom is -0.443 e. The summed E-state index contributed by atoms with van der Waals surface area (Å²) < 4.78 is 5.77. The molecule has 2 heterocycles. The van der Waals surface area contributed by atoms with E-state index >= 15 is 0 Å². The van der Waals surface area contributed by atoms with Crippen LogP contribution in [0.3, 0.4) is 0 Å². The summed E-state index contributed by atoms with van der Waals surface area (Å²) in [6.45, 7) is 8.98. The van der Waals surface area contributed by atoms with Crippen molar-refractivity contribution >= 4 is 29.9 Å². The molecule has 23 heavy (non-hydrogen) atoms. The van der Waals surface area contributed by atoms with Crippen LogP contribution >= 0.6 is 24.0 Å². The molecule has 1 aliphatic rings. The predicted molar refractivity (Wildman–Crippen MR) is 104 cm³/mol. The molecule has 2 N–H and O–H groups in total. The van der Waals surface area contributed by atoms with E-state index in [1.165, 1.54) is 19.4 Å². The Labute approximate surface area is 156 Å². The third-order valence-electron chi connectivity index (χ3n) is 4.10. The Bertz CT molecular complexity index is 509. The minimum atomic E-state index is -0.0156. The van der Waals surface area contributed by atoms with E-state index < -0.39 is 0 Å². The molecule has 1 aromatic rings. The van der Waals surface area contributed by atoms with Crippen molar-refractivity contribution in [1.82, 2.24) is 20.5 Å². The van der Waals surface area contributed by atoms with Crippen molar-refractivity contribution in [3.8, 4) is 0 Å². The molecule has 1 unspecified atom stereocenters. The summed E-state index contributed by atoms with van der Waals surface area (Å²) in [5, 5.41) is 6.63.